The predicted octanol–water partition coefficient (Wildman–Crippen LogP) is 4.60. The van der Waals surface area contributed by atoms with E-state index < -0.39 is 0 Å². The number of benzene rings is 1. The molecule has 136 valence electrons. The SMILES string of the molecule is O=C(NC1CCC(c2nc3cc(Cl)ccc3s2)CC1)c1c[c-]ncc1.[Cm]. The molecule has 0 bridgehead atoms. The van der Waals surface area contributed by atoms with Crippen LogP contribution in [0.15, 0.2) is 36.5 Å². The molecule has 1 amide bonds. The number of halogens is 1. The number of carbonyl (C=O) groups is 1. The van der Waals surface area contributed by atoms with E-state index in [0.717, 1.165) is 36.2 Å². The van der Waals surface area contributed by atoms with Crippen molar-refractivity contribution in [2.24, 2.45) is 0 Å². The Labute approximate surface area is 155 Å². The van der Waals surface area contributed by atoms with Crippen molar-refractivity contribution in [2.75, 3.05) is 0 Å². The molecule has 0 unspecified atom stereocenters. The van der Waals surface area contributed by atoms with Gasteiger partial charge in [0.2, 0.25) is 0 Å². The quantitative estimate of drug-likeness (QED) is 0.438. The number of amides is 1. The molecule has 1 aromatic carbocycles. The zero-order valence-electron chi connectivity index (χ0n) is 13.9. The fourth-order valence-corrected chi connectivity index (χ4v) is 4.59. The van der Waals surface area contributed by atoms with Crippen molar-refractivity contribution in [1.29, 1.82) is 0 Å². The van der Waals surface area contributed by atoms with Gasteiger partial charge in [-0.15, -0.1) is 23.5 Å². The molecule has 7 heteroatoms. The third-order valence-electron chi connectivity index (χ3n) is 4.66. The third-order valence-corrected chi connectivity index (χ3v) is 6.10. The van der Waals surface area contributed by atoms with Crippen LogP contribution in [0.2, 0.25) is 5.02 Å². The second-order valence-electron chi connectivity index (χ2n) is 6.36. The van der Waals surface area contributed by atoms with E-state index in [0.29, 0.717) is 11.5 Å². The Morgan fingerprint density at radius 1 is 1.23 bits per heavy atom. The Balaban J connectivity index is 0.00000196. The minimum absolute atomic E-state index is 0. The van der Waals surface area contributed by atoms with Gasteiger partial charge in [-0.3, -0.25) is 4.79 Å². The smallest absolute Gasteiger partial charge is 0.195 e. The van der Waals surface area contributed by atoms with E-state index in [1.165, 1.54) is 9.71 Å². The number of pyridine rings is 1. The summed E-state index contributed by atoms with van der Waals surface area (Å²) >= 11 is 7.81. The first-order valence-corrected chi connectivity index (χ1v) is 9.57. The normalized spacial score (nSPS) is 19.7. The molecule has 4 nitrogen and oxygen atoms in total. The van der Waals surface area contributed by atoms with Gasteiger partial charge in [0.25, 0.3) is 0 Å². The Hall–Kier alpha value is -2.98. The summed E-state index contributed by atoms with van der Waals surface area (Å²) < 4.78 is 1.18. The van der Waals surface area contributed by atoms with Crippen LogP contribution in [0.25, 0.3) is 10.2 Å². The fraction of sp³-hybridized carbons (Fsp3) is 0.316. The van der Waals surface area contributed by atoms with Crippen LogP contribution in [0.3, 0.4) is 0 Å². The Morgan fingerprint density at radius 2 is 2.04 bits per heavy atom. The van der Waals surface area contributed by atoms with Crippen molar-refractivity contribution in [3.63, 3.8) is 0 Å². The molecule has 0 atom stereocenters. The maximum Gasteiger partial charge on any atom is 0.195 e. The van der Waals surface area contributed by atoms with Gasteiger partial charge in [0.05, 0.1) is 15.2 Å². The molecule has 3 aromatic rings. The number of fused-ring (bicyclic) bond motifs is 1. The number of rotatable bonds is 3. The predicted molar refractivity (Wildman–Crippen MR) is 100 cm³/mol. The summed E-state index contributed by atoms with van der Waals surface area (Å²) in [6.07, 6.45) is 8.32. The second kappa shape index (κ2) is 7.50. The summed E-state index contributed by atoms with van der Waals surface area (Å²) in [5.74, 6) is 0.426. The zero-order chi connectivity index (χ0) is 17.2. The molecule has 2 aromatic heterocycles. The van der Waals surface area contributed by atoms with Gasteiger partial charge in [0.15, 0.2) is 5.91 Å². The van der Waals surface area contributed by atoms with Crippen LogP contribution in [0.1, 0.15) is 47.0 Å². The molecule has 1 aliphatic rings. The fourth-order valence-electron chi connectivity index (χ4n) is 3.30. The van der Waals surface area contributed by atoms with Crippen LogP contribution in [0, 0.1) is 6.20 Å². The number of thiazole rings is 1. The summed E-state index contributed by atoms with van der Waals surface area (Å²) in [6.45, 7) is 0. The summed E-state index contributed by atoms with van der Waals surface area (Å²) in [7, 11) is 0. The van der Waals surface area contributed by atoms with Crippen molar-refractivity contribution in [3.8, 4) is 0 Å². The number of hydrogen-bond donors (Lipinski definition) is 1. The van der Waals surface area contributed by atoms with Crippen molar-refractivity contribution in [2.45, 2.75) is 37.6 Å². The summed E-state index contributed by atoms with van der Waals surface area (Å²) in [5.41, 5.74) is 1.59. The minimum atomic E-state index is -0.0447. The van der Waals surface area contributed by atoms with Crippen LogP contribution in [-0.2, 0) is 0 Å². The van der Waals surface area contributed by atoms with Gasteiger partial charge in [-0.05, 0) is 43.9 Å². The summed E-state index contributed by atoms with van der Waals surface area (Å²) in [4.78, 5) is 20.8. The second-order valence-corrected chi connectivity index (χ2v) is 7.86. The Bertz CT molecular complexity index is 894. The van der Waals surface area contributed by atoms with Gasteiger partial charge in [-0.1, -0.05) is 29.6 Å². The van der Waals surface area contributed by atoms with Gasteiger partial charge in [-0.25, -0.2) is 4.98 Å². The van der Waals surface area contributed by atoms with Crippen molar-refractivity contribution in [3.05, 3.63) is 58.3 Å². The van der Waals surface area contributed by atoms with E-state index in [4.69, 9.17) is 16.6 Å². The minimum Gasteiger partial charge on any atom is -0.394 e. The molecule has 1 N–H and O–H groups in total. The van der Waals surface area contributed by atoms with Crippen LogP contribution in [0.5, 0.6) is 0 Å². The molecule has 0 radical (unpaired) electrons. The van der Waals surface area contributed by atoms with Crippen LogP contribution >= 0.6 is 22.9 Å². The molecule has 4 rings (SSSR count). The first-order chi connectivity index (χ1) is 12.2. The van der Waals surface area contributed by atoms with E-state index in [9.17, 15) is 4.79 Å². The van der Waals surface area contributed by atoms with Gasteiger partial charge in [-0.2, -0.15) is 0 Å². The first-order valence-electron chi connectivity index (χ1n) is 8.38. The molecule has 26 heavy (non-hydrogen) atoms. The summed E-state index contributed by atoms with van der Waals surface area (Å²) in [5, 5.41) is 5.03. The van der Waals surface area contributed by atoms with Crippen molar-refractivity contribution in [1.82, 2.24) is 15.3 Å². The zero-order valence-corrected chi connectivity index (χ0v) is 18.4. The number of nitrogens with zero attached hydrogens (tertiary/aromatic N) is 2. The number of hydrogen-bond acceptors (Lipinski definition) is 4. The van der Waals surface area contributed by atoms with E-state index in [1.807, 2.05) is 18.2 Å². The molecule has 1 aliphatic carbocycles. The van der Waals surface area contributed by atoms with Gasteiger partial charge < -0.3 is 10.3 Å². The standard InChI is InChI=1S/C19H17ClN3OS.Cm/c20-14-3-6-17-16(11-14)23-19(25-17)13-1-4-15(5-2-13)22-18(24)12-7-9-21-10-8-12;/h3,6-9,11,13,15H,1-2,4-5H2,(H,22,24);/q-1;. The van der Waals surface area contributed by atoms with Gasteiger partial charge >= 0.3 is 0 Å². The monoisotopic (exact) mass is 613 g/mol. The molecular weight excluding hydrogens is 601 g/mol. The van der Waals surface area contributed by atoms with Gasteiger partial charge in [0.1, 0.15) is 0 Å². The molecule has 1 fully saturated rings. The first kappa shape index (κ1) is 17.8. The van der Waals surface area contributed by atoms with Crippen molar-refractivity contribution < 1.29 is 4.79 Å². The molecule has 0 saturated heterocycles. The van der Waals surface area contributed by atoms with Gasteiger partial charge in [0, 0.05) is 17.0 Å². The van der Waals surface area contributed by atoms with Crippen molar-refractivity contribution >= 4 is 39.1 Å². The Kier molecular flexibility index (Phi) is 5.14. The van der Waals surface area contributed by atoms with Crippen LogP contribution in [-0.4, -0.2) is 21.9 Å². The number of nitrogens with one attached hydrogen (secondary N) is 1. The molecule has 1 saturated carbocycles. The van der Waals surface area contributed by atoms with Crippen LogP contribution in [0.4, 0.5) is 0 Å². The van der Waals surface area contributed by atoms with E-state index >= 15 is 0 Å². The maximum atomic E-state index is 12.2. The number of carbonyl (C=O) groups excluding carboxylic acids is 1. The third kappa shape index (κ3) is 3.65. The number of aromatic nitrogens is 2. The molecular formula is C19H17ClCmN3OS-. The largest absolute Gasteiger partial charge is 0.394 e. The van der Waals surface area contributed by atoms with Crippen LogP contribution < -0.4 is 5.32 Å². The van der Waals surface area contributed by atoms with E-state index in [2.05, 4.69) is 16.5 Å². The molecule has 2 heterocycles. The van der Waals surface area contributed by atoms with E-state index in [1.54, 1.807) is 29.7 Å². The maximum absolute atomic E-state index is 12.2. The molecule has 0 aliphatic heterocycles. The topological polar surface area (TPSA) is 54.9 Å². The Morgan fingerprint density at radius 3 is 2.77 bits per heavy atom. The average molecular weight is 618 g/mol. The average Bonchev–Trinajstić information content (AvgIpc) is 3.06. The molecule has 0 spiro atoms. The summed E-state index contributed by atoms with van der Waals surface area (Å²) in [6, 6.07) is 9.43. The van der Waals surface area contributed by atoms with E-state index in [-0.39, 0.29) is 11.9 Å².